The highest BCUT2D eigenvalue weighted by atomic mass is 16.6. The lowest BCUT2D eigenvalue weighted by Crippen LogP contribution is -2.31. The molecule has 1 aromatic carbocycles. The number of nitro groups is 1. The molecule has 0 heterocycles. The Morgan fingerprint density at radius 2 is 2.10 bits per heavy atom. The zero-order valence-corrected chi connectivity index (χ0v) is 10.9. The number of ketones is 1. The highest BCUT2D eigenvalue weighted by molar-refractivity contribution is 6.06. The molecule has 0 aliphatic rings. The lowest BCUT2D eigenvalue weighted by atomic mass is 9.96. The van der Waals surface area contributed by atoms with Gasteiger partial charge in [0.15, 0.2) is 5.78 Å². The molecule has 1 rings (SSSR count). The van der Waals surface area contributed by atoms with E-state index in [2.05, 4.69) is 0 Å². The van der Waals surface area contributed by atoms with E-state index in [9.17, 15) is 19.7 Å². The monoisotopic (exact) mass is 278 g/mol. The normalized spacial score (nSPS) is 11.9. The van der Waals surface area contributed by atoms with Crippen LogP contribution in [0.3, 0.4) is 0 Å². The summed E-state index contributed by atoms with van der Waals surface area (Å²) in [6.45, 7) is 0.505. The van der Waals surface area contributed by atoms with Crippen LogP contribution in [0.25, 0.3) is 0 Å². The maximum absolute atomic E-state index is 12.1. The second kappa shape index (κ2) is 7.46. The van der Waals surface area contributed by atoms with Gasteiger partial charge in [0.2, 0.25) is 6.29 Å². The number of rotatable bonds is 8. The molecule has 1 radical (unpaired) electrons. The average molecular weight is 278 g/mol. The van der Waals surface area contributed by atoms with Crippen molar-refractivity contribution in [2.75, 3.05) is 6.54 Å². The lowest BCUT2D eigenvalue weighted by molar-refractivity contribution is -0.384. The fourth-order valence-electron chi connectivity index (χ4n) is 1.78. The molecule has 0 unspecified atom stereocenters. The molecule has 0 fully saturated rings. The summed E-state index contributed by atoms with van der Waals surface area (Å²) in [6, 6.07) is 2.60. The smallest absolute Gasteiger partial charge is 0.270 e. The van der Waals surface area contributed by atoms with Gasteiger partial charge in [0, 0.05) is 23.3 Å². The van der Waals surface area contributed by atoms with Gasteiger partial charge < -0.3 is 11.5 Å². The molecule has 7 heteroatoms. The third kappa shape index (κ3) is 3.94. The number of nitrogens with zero attached hydrogens (tertiary/aromatic N) is 1. The van der Waals surface area contributed by atoms with Crippen molar-refractivity contribution in [2.45, 2.75) is 25.3 Å². The van der Waals surface area contributed by atoms with Crippen LogP contribution in [0, 0.1) is 10.1 Å². The number of benzene rings is 1. The third-order valence-corrected chi connectivity index (χ3v) is 2.90. The van der Waals surface area contributed by atoms with Gasteiger partial charge in [-0.2, -0.15) is 0 Å². The molecule has 0 aliphatic carbocycles. The average Bonchev–Trinajstić information content (AvgIpc) is 2.45. The van der Waals surface area contributed by atoms with Crippen LogP contribution >= 0.6 is 0 Å². The number of unbranched alkanes of at least 4 members (excludes halogenated alkanes) is 1. The van der Waals surface area contributed by atoms with E-state index in [-0.39, 0.29) is 16.8 Å². The van der Waals surface area contributed by atoms with Gasteiger partial charge in [-0.25, -0.2) is 0 Å². The van der Waals surface area contributed by atoms with Crippen molar-refractivity contribution in [3.63, 3.8) is 0 Å². The summed E-state index contributed by atoms with van der Waals surface area (Å²) in [7, 11) is 0. The van der Waals surface area contributed by atoms with Crippen LogP contribution in [0.4, 0.5) is 5.69 Å². The van der Waals surface area contributed by atoms with Crippen LogP contribution in [0.2, 0.25) is 0 Å². The Balaban J connectivity index is 2.97. The lowest BCUT2D eigenvalue weighted by Gasteiger charge is -2.11. The largest absolute Gasteiger partial charge is 0.330 e. The van der Waals surface area contributed by atoms with Crippen LogP contribution < -0.4 is 11.5 Å². The van der Waals surface area contributed by atoms with Gasteiger partial charge in [-0.3, -0.25) is 19.7 Å². The number of hydrogen-bond acceptors (Lipinski definition) is 6. The van der Waals surface area contributed by atoms with Gasteiger partial charge in [0.1, 0.15) is 0 Å². The topological polar surface area (TPSA) is 129 Å². The molecule has 0 aromatic heterocycles. The molecule has 4 N–H and O–H groups in total. The van der Waals surface area contributed by atoms with Gasteiger partial charge in [-0.1, -0.05) is 6.42 Å². The number of non-ortho nitro benzene ring substituents is 1. The summed E-state index contributed by atoms with van der Waals surface area (Å²) >= 11 is 0. The molecule has 0 amide bonds. The number of nitro benzene ring substituents is 1. The van der Waals surface area contributed by atoms with Crippen LogP contribution in [-0.2, 0) is 4.79 Å². The number of carbonyl (C=O) groups is 1. The third-order valence-electron chi connectivity index (χ3n) is 2.90. The molecule has 0 saturated carbocycles. The molecule has 0 bridgehead atoms. The summed E-state index contributed by atoms with van der Waals surface area (Å²) in [4.78, 5) is 33.0. The second-order valence-electron chi connectivity index (χ2n) is 4.34. The predicted octanol–water partition coefficient (Wildman–Crippen LogP) is 0.692. The first-order valence-electron chi connectivity index (χ1n) is 6.17. The number of nitrogens with two attached hydrogens (primary N) is 2. The quantitative estimate of drug-likeness (QED) is 0.311. The summed E-state index contributed by atoms with van der Waals surface area (Å²) in [5, 5.41) is 10.7. The molecule has 1 atom stereocenters. The van der Waals surface area contributed by atoms with E-state index >= 15 is 0 Å². The summed E-state index contributed by atoms with van der Waals surface area (Å²) in [5.41, 5.74) is 10.8. The zero-order chi connectivity index (χ0) is 15.1. The maximum atomic E-state index is 12.1. The van der Waals surface area contributed by atoms with E-state index < -0.39 is 16.7 Å². The first-order valence-corrected chi connectivity index (χ1v) is 6.17. The molecular weight excluding hydrogens is 262 g/mol. The SMILES string of the molecule is NCCCC[C@@H](N)C(=O)c1cc([N+](=O)[O-])ccc1[C]=O. The maximum Gasteiger partial charge on any atom is 0.270 e. The molecule has 0 saturated heterocycles. The molecule has 20 heavy (non-hydrogen) atoms. The molecule has 1 aromatic rings. The van der Waals surface area contributed by atoms with E-state index in [1.54, 1.807) is 6.29 Å². The van der Waals surface area contributed by atoms with Crippen molar-refractivity contribution in [1.82, 2.24) is 0 Å². The summed E-state index contributed by atoms with van der Waals surface area (Å²) in [5.74, 6) is -0.496. The Morgan fingerprint density at radius 3 is 2.65 bits per heavy atom. The minimum Gasteiger partial charge on any atom is -0.330 e. The molecule has 7 nitrogen and oxygen atoms in total. The highest BCUT2D eigenvalue weighted by Crippen LogP contribution is 2.19. The fourth-order valence-corrected chi connectivity index (χ4v) is 1.78. The molecule has 107 valence electrons. The Kier molecular flexibility index (Phi) is 5.95. The van der Waals surface area contributed by atoms with Crippen LogP contribution in [0.1, 0.15) is 35.2 Å². The van der Waals surface area contributed by atoms with E-state index in [1.165, 1.54) is 6.07 Å². The van der Waals surface area contributed by atoms with Crippen LogP contribution in [0.15, 0.2) is 18.2 Å². The van der Waals surface area contributed by atoms with E-state index in [1.807, 2.05) is 0 Å². The van der Waals surface area contributed by atoms with E-state index in [0.29, 0.717) is 19.4 Å². The number of hydrogen-bond donors (Lipinski definition) is 2. The Morgan fingerprint density at radius 1 is 1.40 bits per heavy atom. The molecular formula is C13H16N3O4. The van der Waals surface area contributed by atoms with Crippen molar-refractivity contribution < 1.29 is 14.5 Å². The van der Waals surface area contributed by atoms with Crippen molar-refractivity contribution in [2.24, 2.45) is 11.5 Å². The zero-order valence-electron chi connectivity index (χ0n) is 10.9. The van der Waals surface area contributed by atoms with Crippen molar-refractivity contribution >= 4 is 17.8 Å². The van der Waals surface area contributed by atoms with Crippen LogP contribution in [0.5, 0.6) is 0 Å². The standard InChI is InChI=1S/C13H16N3O4/c14-6-2-1-3-12(15)13(18)11-7-10(16(19)20)5-4-9(11)8-17/h4-5,7,12H,1-3,6,14-15H2/t12-/m1/s1. The summed E-state index contributed by atoms with van der Waals surface area (Å²) < 4.78 is 0. The van der Waals surface area contributed by atoms with Crippen molar-refractivity contribution in [1.29, 1.82) is 0 Å². The van der Waals surface area contributed by atoms with Crippen molar-refractivity contribution in [3.05, 3.63) is 39.4 Å². The number of Topliss-reactive ketones (excluding diaryl/α,β-unsaturated/α-hetero) is 1. The Labute approximate surface area is 116 Å². The van der Waals surface area contributed by atoms with Gasteiger partial charge >= 0.3 is 0 Å². The van der Waals surface area contributed by atoms with Crippen LogP contribution in [-0.4, -0.2) is 29.6 Å². The molecule has 0 spiro atoms. The second-order valence-corrected chi connectivity index (χ2v) is 4.34. The summed E-state index contributed by atoms with van der Waals surface area (Å²) in [6.07, 6.45) is 3.43. The Bertz CT molecular complexity index is 516. The van der Waals surface area contributed by atoms with Gasteiger partial charge in [-0.05, 0) is 25.5 Å². The molecule has 0 aliphatic heterocycles. The van der Waals surface area contributed by atoms with Gasteiger partial charge in [0.25, 0.3) is 5.69 Å². The first-order chi connectivity index (χ1) is 9.51. The minimum atomic E-state index is -0.810. The van der Waals surface area contributed by atoms with Gasteiger partial charge in [0.05, 0.1) is 11.0 Å². The Hall–Kier alpha value is -2.12. The number of carbonyl (C=O) groups excluding carboxylic acids is 2. The first kappa shape index (κ1) is 15.9. The van der Waals surface area contributed by atoms with E-state index in [4.69, 9.17) is 11.5 Å². The van der Waals surface area contributed by atoms with Gasteiger partial charge in [-0.15, -0.1) is 0 Å². The van der Waals surface area contributed by atoms with Crippen molar-refractivity contribution in [3.8, 4) is 0 Å². The van der Waals surface area contributed by atoms with E-state index in [0.717, 1.165) is 18.6 Å². The fraction of sp³-hybridized carbons (Fsp3) is 0.385. The highest BCUT2D eigenvalue weighted by Gasteiger charge is 2.21. The minimum absolute atomic E-state index is 0.0186. The predicted molar refractivity (Wildman–Crippen MR) is 73.1 cm³/mol.